The van der Waals surface area contributed by atoms with Gasteiger partial charge in [-0.15, -0.1) is 11.3 Å². The fourth-order valence-electron chi connectivity index (χ4n) is 2.99. The smallest absolute Gasteiger partial charge is 0.312 e. The van der Waals surface area contributed by atoms with E-state index in [2.05, 4.69) is 26.5 Å². The Labute approximate surface area is 159 Å². The van der Waals surface area contributed by atoms with Gasteiger partial charge in [-0.05, 0) is 0 Å². The topological polar surface area (TPSA) is 76.4 Å². The van der Waals surface area contributed by atoms with Crippen molar-refractivity contribution in [3.05, 3.63) is 39.6 Å². The molecule has 1 aromatic rings. The van der Waals surface area contributed by atoms with Crippen LogP contribution in [0.4, 0.5) is 8.78 Å². The van der Waals surface area contributed by atoms with Crippen LogP contribution >= 0.6 is 23.3 Å². The predicted octanol–water partition coefficient (Wildman–Crippen LogP) is 2.84. The molecule has 26 heavy (non-hydrogen) atoms. The molecule has 6 nitrogen and oxygen atoms in total. The van der Waals surface area contributed by atoms with Gasteiger partial charge in [-0.1, -0.05) is 18.9 Å². The third kappa shape index (κ3) is 4.13. The Bertz CT molecular complexity index is 729. The number of amidine groups is 1. The van der Waals surface area contributed by atoms with Gasteiger partial charge in [0.2, 0.25) is 0 Å². The van der Waals surface area contributed by atoms with Gasteiger partial charge in [0.1, 0.15) is 0 Å². The lowest BCUT2D eigenvalue weighted by Gasteiger charge is -2.28. The Hall–Kier alpha value is -1.78. The van der Waals surface area contributed by atoms with Crippen molar-refractivity contribution >= 4 is 35.3 Å². The number of alkyl halides is 2. The SMILES string of the molecule is CCSNC1CC2=C(/C(C=N)=C/NC(F)F)CN=C(c3nccs3)N2C1. The van der Waals surface area contributed by atoms with Gasteiger partial charge < -0.3 is 15.6 Å². The number of halogens is 2. The number of nitrogens with one attached hydrogen (secondary N) is 3. The molecule has 1 aromatic heterocycles. The summed E-state index contributed by atoms with van der Waals surface area (Å²) in [5, 5.41) is 12.4. The molecule has 0 radical (unpaired) electrons. The van der Waals surface area contributed by atoms with Crippen LogP contribution in [0.5, 0.6) is 0 Å². The van der Waals surface area contributed by atoms with Gasteiger partial charge >= 0.3 is 6.55 Å². The minimum atomic E-state index is -2.66. The summed E-state index contributed by atoms with van der Waals surface area (Å²) in [5.74, 6) is 1.77. The summed E-state index contributed by atoms with van der Waals surface area (Å²) in [5.41, 5.74) is 2.25. The maximum absolute atomic E-state index is 12.5. The molecule has 3 N–H and O–H groups in total. The fourth-order valence-corrected chi connectivity index (χ4v) is 4.21. The second-order valence-electron chi connectivity index (χ2n) is 5.68. The highest BCUT2D eigenvalue weighted by molar-refractivity contribution is 7.97. The molecule has 140 valence electrons. The zero-order chi connectivity index (χ0) is 18.5. The summed E-state index contributed by atoms with van der Waals surface area (Å²) < 4.78 is 28.5. The molecule has 1 atom stereocenters. The van der Waals surface area contributed by atoms with E-state index < -0.39 is 6.55 Å². The van der Waals surface area contributed by atoms with Crippen LogP contribution in [0.25, 0.3) is 0 Å². The van der Waals surface area contributed by atoms with Crippen molar-refractivity contribution in [3.8, 4) is 0 Å². The molecule has 2 aliphatic rings. The minimum Gasteiger partial charge on any atom is -0.336 e. The summed E-state index contributed by atoms with van der Waals surface area (Å²) in [6.07, 6.45) is 4.80. The highest BCUT2D eigenvalue weighted by Crippen LogP contribution is 2.33. The fraction of sp³-hybridized carbons (Fsp3) is 0.438. The number of hydrogen-bond acceptors (Lipinski definition) is 8. The van der Waals surface area contributed by atoms with E-state index in [-0.39, 0.29) is 6.04 Å². The molecule has 1 saturated heterocycles. The average molecular weight is 399 g/mol. The van der Waals surface area contributed by atoms with E-state index in [1.807, 2.05) is 10.7 Å². The van der Waals surface area contributed by atoms with Crippen molar-refractivity contribution in [2.75, 3.05) is 18.8 Å². The highest BCUT2D eigenvalue weighted by atomic mass is 32.2. The number of hydrogen-bond donors (Lipinski definition) is 3. The second kappa shape index (κ2) is 8.74. The lowest BCUT2D eigenvalue weighted by atomic mass is 10.0. The third-order valence-electron chi connectivity index (χ3n) is 4.05. The van der Waals surface area contributed by atoms with E-state index in [0.717, 1.165) is 47.0 Å². The molecule has 0 amide bonds. The van der Waals surface area contributed by atoms with Gasteiger partial charge in [0, 0.05) is 65.6 Å². The number of nitrogens with zero attached hydrogens (tertiary/aromatic N) is 3. The zero-order valence-electron chi connectivity index (χ0n) is 14.2. The second-order valence-corrected chi connectivity index (χ2v) is 7.67. The Kier molecular flexibility index (Phi) is 6.38. The summed E-state index contributed by atoms with van der Waals surface area (Å²) >= 11 is 3.18. The normalized spacial score (nSPS) is 20.5. The molecule has 0 aromatic carbocycles. The summed E-state index contributed by atoms with van der Waals surface area (Å²) in [4.78, 5) is 11.1. The molecular formula is C16H20F2N6S2. The van der Waals surface area contributed by atoms with E-state index in [1.54, 1.807) is 18.1 Å². The van der Waals surface area contributed by atoms with Crippen LogP contribution in [0.3, 0.4) is 0 Å². The van der Waals surface area contributed by atoms with Gasteiger partial charge in [-0.3, -0.25) is 9.71 Å². The van der Waals surface area contributed by atoms with Crippen molar-refractivity contribution in [1.82, 2.24) is 19.9 Å². The molecule has 0 bridgehead atoms. The first-order valence-corrected chi connectivity index (χ1v) is 10.1. The first kappa shape index (κ1) is 19.0. The molecule has 3 rings (SSSR count). The summed E-state index contributed by atoms with van der Waals surface area (Å²) in [7, 11) is 0. The average Bonchev–Trinajstić information content (AvgIpc) is 3.30. The molecule has 0 aliphatic carbocycles. The van der Waals surface area contributed by atoms with Gasteiger partial charge in [-0.2, -0.15) is 8.78 Å². The van der Waals surface area contributed by atoms with Crippen molar-refractivity contribution in [2.24, 2.45) is 4.99 Å². The van der Waals surface area contributed by atoms with Gasteiger partial charge in [0.25, 0.3) is 0 Å². The Morgan fingerprint density at radius 2 is 2.42 bits per heavy atom. The molecular weight excluding hydrogens is 378 g/mol. The maximum Gasteiger partial charge on any atom is 0.312 e. The summed E-state index contributed by atoms with van der Waals surface area (Å²) in [6, 6.07) is 0.225. The molecule has 2 aliphatic heterocycles. The third-order valence-corrected chi connectivity index (χ3v) is 5.60. The molecule has 0 spiro atoms. The quantitative estimate of drug-likeness (QED) is 0.357. The molecule has 10 heteroatoms. The maximum atomic E-state index is 12.5. The van der Waals surface area contributed by atoms with Crippen molar-refractivity contribution < 1.29 is 8.78 Å². The number of aliphatic imine (C=N–C) groups is 1. The van der Waals surface area contributed by atoms with Gasteiger partial charge in [-0.25, -0.2) is 4.98 Å². The van der Waals surface area contributed by atoms with Crippen molar-refractivity contribution in [2.45, 2.75) is 25.9 Å². The van der Waals surface area contributed by atoms with Gasteiger partial charge in [0.15, 0.2) is 10.8 Å². The van der Waals surface area contributed by atoms with Crippen LogP contribution in [0.15, 0.2) is 39.6 Å². The first-order valence-electron chi connectivity index (χ1n) is 8.20. The highest BCUT2D eigenvalue weighted by Gasteiger charge is 2.35. The standard InChI is InChI=1S/C16H20F2N6S2/c1-2-26-23-11-5-13-12(10(6-19)7-22-16(17)18)8-21-14(24(13)9-11)15-20-3-4-25-15/h3-4,6-7,11,16,19,22-23H,2,5,8-9H2,1H3/b10-7+,19-6?. The summed E-state index contributed by atoms with van der Waals surface area (Å²) in [6.45, 7) is 0.501. The van der Waals surface area contributed by atoms with Crippen molar-refractivity contribution in [3.63, 3.8) is 0 Å². The van der Waals surface area contributed by atoms with Crippen LogP contribution in [0, 0.1) is 5.41 Å². The van der Waals surface area contributed by atoms with E-state index in [1.165, 1.54) is 17.5 Å². The largest absolute Gasteiger partial charge is 0.336 e. The van der Waals surface area contributed by atoms with E-state index >= 15 is 0 Å². The first-order chi connectivity index (χ1) is 12.6. The van der Waals surface area contributed by atoms with Crippen LogP contribution in [0.2, 0.25) is 0 Å². The molecule has 1 unspecified atom stereocenters. The number of aromatic nitrogens is 1. The number of rotatable bonds is 8. The minimum absolute atomic E-state index is 0.225. The van der Waals surface area contributed by atoms with Crippen LogP contribution in [-0.4, -0.2) is 53.4 Å². The van der Waals surface area contributed by atoms with Crippen molar-refractivity contribution in [1.29, 1.82) is 5.41 Å². The Morgan fingerprint density at radius 1 is 1.58 bits per heavy atom. The van der Waals surface area contributed by atoms with Crippen LogP contribution in [-0.2, 0) is 0 Å². The van der Waals surface area contributed by atoms with E-state index in [0.29, 0.717) is 12.1 Å². The van der Waals surface area contributed by atoms with E-state index in [4.69, 9.17) is 5.41 Å². The predicted molar refractivity (Wildman–Crippen MR) is 103 cm³/mol. The number of thiazole rings is 1. The molecule has 0 saturated carbocycles. The molecule has 1 fully saturated rings. The van der Waals surface area contributed by atoms with Crippen LogP contribution in [0.1, 0.15) is 18.4 Å². The zero-order valence-corrected chi connectivity index (χ0v) is 15.8. The Balaban J connectivity index is 1.92. The van der Waals surface area contributed by atoms with Gasteiger partial charge in [0.05, 0.1) is 6.54 Å². The molecule has 3 heterocycles. The monoisotopic (exact) mass is 398 g/mol. The lowest BCUT2D eigenvalue weighted by molar-refractivity contribution is 0.125. The lowest BCUT2D eigenvalue weighted by Crippen LogP contribution is -2.35. The Morgan fingerprint density at radius 3 is 3.08 bits per heavy atom. The number of fused-ring (bicyclic) bond motifs is 1. The van der Waals surface area contributed by atoms with Crippen LogP contribution < -0.4 is 10.0 Å². The van der Waals surface area contributed by atoms with E-state index in [9.17, 15) is 8.78 Å².